The summed E-state index contributed by atoms with van der Waals surface area (Å²) in [5, 5.41) is 0. The minimum absolute atomic E-state index is 0.0561. The van der Waals surface area contributed by atoms with Gasteiger partial charge in [-0.05, 0) is 19.8 Å². The van der Waals surface area contributed by atoms with E-state index in [2.05, 4.69) is 4.98 Å². The Hall–Kier alpha value is -1.23. The van der Waals surface area contributed by atoms with Crippen molar-refractivity contribution in [2.24, 2.45) is 0 Å². The number of aromatic nitrogens is 2. The van der Waals surface area contributed by atoms with Crippen LogP contribution < -0.4 is 5.56 Å². The summed E-state index contributed by atoms with van der Waals surface area (Å²) >= 11 is 0. The van der Waals surface area contributed by atoms with Crippen LogP contribution in [0.15, 0.2) is 10.9 Å². The lowest BCUT2D eigenvalue weighted by molar-refractivity contribution is 0.00835. The van der Waals surface area contributed by atoms with Crippen LogP contribution in [0.5, 0.6) is 0 Å². The third kappa shape index (κ3) is 3.12. The van der Waals surface area contributed by atoms with Crippen molar-refractivity contribution in [2.75, 3.05) is 0 Å². The van der Waals surface area contributed by atoms with Gasteiger partial charge in [0.25, 0.3) is 5.56 Å². The van der Waals surface area contributed by atoms with Gasteiger partial charge in [-0.1, -0.05) is 23.7 Å². The third-order valence-corrected chi connectivity index (χ3v) is 3.06. The van der Waals surface area contributed by atoms with Gasteiger partial charge < -0.3 is 4.74 Å². The maximum Gasteiger partial charge on any atom is 0.282 e. The molecule has 0 aliphatic heterocycles. The van der Waals surface area contributed by atoms with E-state index in [1.807, 2.05) is 0 Å². The Kier molecular flexibility index (Phi) is 3.89. The second-order valence-corrected chi connectivity index (χ2v) is 4.50. The number of hydrogen-bond donors (Lipinski definition) is 0. The van der Waals surface area contributed by atoms with Gasteiger partial charge >= 0.3 is 0 Å². The molecular weight excluding hydrogens is 223 g/mol. The van der Waals surface area contributed by atoms with E-state index in [4.69, 9.17) is 4.74 Å². The zero-order valence-corrected chi connectivity index (χ0v) is 9.99. The molecule has 0 radical (unpaired) electrons. The number of rotatable bonds is 3. The number of ether oxygens (including phenoxy) is 1. The largest absolute Gasteiger partial charge is 0.370 e. The fraction of sp³-hybridized carbons (Fsp3) is 0.667. The number of hydrogen-bond acceptors (Lipinski definition) is 3. The van der Waals surface area contributed by atoms with E-state index in [-0.39, 0.29) is 23.3 Å². The first kappa shape index (κ1) is 12.2. The van der Waals surface area contributed by atoms with Gasteiger partial charge in [0.15, 0.2) is 5.82 Å². The fourth-order valence-electron chi connectivity index (χ4n) is 2.16. The van der Waals surface area contributed by atoms with Gasteiger partial charge in [0, 0.05) is 11.8 Å². The zero-order chi connectivity index (χ0) is 12.3. The molecule has 1 fully saturated rings. The molecule has 1 aliphatic carbocycles. The van der Waals surface area contributed by atoms with Crippen LogP contribution in [0.4, 0.5) is 4.48 Å². The van der Waals surface area contributed by atoms with Gasteiger partial charge in [-0.15, -0.1) is 4.79 Å². The minimum Gasteiger partial charge on any atom is -0.370 e. The molecular formula is C12H17FN2O2. The molecule has 1 saturated carbocycles. The molecule has 1 heterocycles. The highest BCUT2D eigenvalue weighted by Gasteiger charge is 2.15. The van der Waals surface area contributed by atoms with Crippen LogP contribution in [-0.2, 0) is 11.3 Å². The van der Waals surface area contributed by atoms with Crippen molar-refractivity contribution in [3.63, 3.8) is 0 Å². The monoisotopic (exact) mass is 240 g/mol. The number of nitrogens with zero attached hydrogens (tertiary/aromatic N) is 2. The summed E-state index contributed by atoms with van der Waals surface area (Å²) in [5.41, 5.74) is -0.161. The quantitative estimate of drug-likeness (QED) is 0.813. The van der Waals surface area contributed by atoms with Crippen molar-refractivity contribution >= 4 is 0 Å². The summed E-state index contributed by atoms with van der Waals surface area (Å²) in [4.78, 5) is 15.3. The van der Waals surface area contributed by atoms with E-state index in [1.54, 1.807) is 6.92 Å². The van der Waals surface area contributed by atoms with Crippen molar-refractivity contribution in [1.29, 1.82) is 0 Å². The van der Waals surface area contributed by atoms with Crippen LogP contribution in [0, 0.1) is 6.92 Å². The summed E-state index contributed by atoms with van der Waals surface area (Å²) < 4.78 is 19.0. The molecule has 94 valence electrons. The molecule has 1 aromatic rings. The SMILES string of the molecule is Cc1cc(=O)n(F)c(COC2CCCCC2)n1. The maximum atomic E-state index is 13.4. The van der Waals surface area contributed by atoms with E-state index >= 15 is 0 Å². The van der Waals surface area contributed by atoms with Crippen molar-refractivity contribution in [3.8, 4) is 0 Å². The zero-order valence-electron chi connectivity index (χ0n) is 9.99. The van der Waals surface area contributed by atoms with Crippen LogP contribution in [-0.4, -0.2) is 15.9 Å². The average molecular weight is 240 g/mol. The third-order valence-electron chi connectivity index (χ3n) is 3.06. The van der Waals surface area contributed by atoms with Crippen LogP contribution in [0.2, 0.25) is 0 Å². The Bertz CT molecular complexity index is 439. The summed E-state index contributed by atoms with van der Waals surface area (Å²) in [6, 6.07) is 1.17. The van der Waals surface area contributed by atoms with Gasteiger partial charge in [0.2, 0.25) is 0 Å². The number of halogens is 1. The smallest absolute Gasteiger partial charge is 0.282 e. The molecule has 5 heteroatoms. The Morgan fingerprint density at radius 3 is 2.88 bits per heavy atom. The molecule has 1 aromatic heterocycles. The average Bonchev–Trinajstić information content (AvgIpc) is 2.33. The van der Waals surface area contributed by atoms with Crippen LogP contribution in [0.1, 0.15) is 43.6 Å². The Balaban J connectivity index is 2.00. The first-order valence-electron chi connectivity index (χ1n) is 6.04. The molecule has 0 atom stereocenters. The molecule has 1 aliphatic rings. The second kappa shape index (κ2) is 5.40. The predicted octanol–water partition coefficient (Wildman–Crippen LogP) is 2.13. The first-order valence-corrected chi connectivity index (χ1v) is 6.04. The normalized spacial score (nSPS) is 17.3. The van der Waals surface area contributed by atoms with Gasteiger partial charge in [0.1, 0.15) is 6.61 Å². The molecule has 4 nitrogen and oxygen atoms in total. The Morgan fingerprint density at radius 2 is 2.18 bits per heavy atom. The standard InChI is InChI=1S/C12H17FN2O2/c1-9-7-12(16)15(13)11(14-9)8-17-10-5-3-2-4-6-10/h7,10H,2-6,8H2,1H3. The summed E-state index contributed by atoms with van der Waals surface area (Å²) in [7, 11) is 0. The maximum absolute atomic E-state index is 13.4. The minimum atomic E-state index is -0.681. The molecule has 0 aromatic carbocycles. The molecule has 0 amide bonds. The molecule has 0 unspecified atom stereocenters. The fourth-order valence-corrected chi connectivity index (χ4v) is 2.16. The second-order valence-electron chi connectivity index (χ2n) is 4.50. The van der Waals surface area contributed by atoms with Crippen LogP contribution in [0.25, 0.3) is 0 Å². The van der Waals surface area contributed by atoms with Crippen molar-refractivity contribution < 1.29 is 9.22 Å². The van der Waals surface area contributed by atoms with Gasteiger partial charge in [0.05, 0.1) is 6.10 Å². The molecule has 0 spiro atoms. The summed E-state index contributed by atoms with van der Waals surface area (Å²) in [5.74, 6) is 0.0561. The van der Waals surface area contributed by atoms with Gasteiger partial charge in [-0.3, -0.25) is 4.79 Å². The lowest BCUT2D eigenvalue weighted by Crippen LogP contribution is -2.23. The topological polar surface area (TPSA) is 44.1 Å². The predicted molar refractivity (Wildman–Crippen MR) is 61.4 cm³/mol. The first-order chi connectivity index (χ1) is 8.16. The Labute approximate surface area is 99.4 Å². The molecule has 0 N–H and O–H groups in total. The van der Waals surface area contributed by atoms with Crippen LogP contribution >= 0.6 is 0 Å². The molecule has 2 rings (SSSR count). The highest BCUT2D eigenvalue weighted by atomic mass is 19.2. The van der Waals surface area contributed by atoms with Gasteiger partial charge in [-0.2, -0.15) is 0 Å². The van der Waals surface area contributed by atoms with Gasteiger partial charge in [-0.25, -0.2) is 4.98 Å². The molecule has 17 heavy (non-hydrogen) atoms. The van der Waals surface area contributed by atoms with Crippen molar-refractivity contribution in [2.45, 2.75) is 51.7 Å². The molecule has 0 saturated heterocycles. The van der Waals surface area contributed by atoms with Crippen molar-refractivity contribution in [1.82, 2.24) is 9.77 Å². The molecule has 0 bridgehead atoms. The highest BCUT2D eigenvalue weighted by Crippen LogP contribution is 2.20. The van der Waals surface area contributed by atoms with E-state index in [1.165, 1.54) is 12.5 Å². The van der Waals surface area contributed by atoms with E-state index in [9.17, 15) is 9.28 Å². The van der Waals surface area contributed by atoms with E-state index in [0.29, 0.717) is 5.69 Å². The number of aryl methyl sites for hydroxylation is 1. The Morgan fingerprint density at radius 1 is 1.47 bits per heavy atom. The van der Waals surface area contributed by atoms with Crippen LogP contribution in [0.3, 0.4) is 0 Å². The van der Waals surface area contributed by atoms with E-state index in [0.717, 1.165) is 25.7 Å². The lowest BCUT2D eigenvalue weighted by atomic mass is 9.98. The summed E-state index contributed by atoms with van der Waals surface area (Å²) in [6.45, 7) is 1.74. The van der Waals surface area contributed by atoms with Crippen molar-refractivity contribution in [3.05, 3.63) is 27.9 Å². The highest BCUT2D eigenvalue weighted by molar-refractivity contribution is 5.00. The van der Waals surface area contributed by atoms with E-state index < -0.39 is 5.56 Å². The lowest BCUT2D eigenvalue weighted by Gasteiger charge is -2.21. The summed E-state index contributed by atoms with van der Waals surface area (Å²) in [6.07, 6.45) is 5.78.